The number of rotatable bonds is 4. The van der Waals surface area contributed by atoms with Gasteiger partial charge < -0.3 is 9.88 Å². The van der Waals surface area contributed by atoms with Crippen molar-refractivity contribution < 1.29 is 4.39 Å². The van der Waals surface area contributed by atoms with Crippen LogP contribution in [0, 0.1) is 5.95 Å². The van der Waals surface area contributed by atoms with Gasteiger partial charge in [-0.1, -0.05) is 24.3 Å². The summed E-state index contributed by atoms with van der Waals surface area (Å²) in [6.07, 6.45) is 6.66. The fraction of sp³-hybridized carbons (Fsp3) is 0.217. The Morgan fingerprint density at radius 3 is 2.64 bits per heavy atom. The van der Waals surface area contributed by atoms with E-state index in [4.69, 9.17) is 4.99 Å². The third kappa shape index (κ3) is 3.74. The van der Waals surface area contributed by atoms with Crippen LogP contribution in [0.4, 0.5) is 10.1 Å². The summed E-state index contributed by atoms with van der Waals surface area (Å²) in [7, 11) is 4.08. The monoisotopic (exact) mass is 374 g/mol. The van der Waals surface area contributed by atoms with Crippen LogP contribution in [0.2, 0.25) is 0 Å². The summed E-state index contributed by atoms with van der Waals surface area (Å²) in [4.78, 5) is 14.0. The standard InChI is InChI=1S/C23H23FN4/c1-15(16-4-8-20(9-5-16)28(2)3)12-19-13-17-6-10-21(27-23(17)26-19)18-7-11-22(24)25-14-18/h4-9,11-14,21H,10H2,1-3H3,(H,26,27)/b15-12-. The second-order valence-corrected chi connectivity index (χ2v) is 7.30. The van der Waals surface area contributed by atoms with E-state index >= 15 is 0 Å². The zero-order valence-electron chi connectivity index (χ0n) is 16.3. The molecule has 1 aliphatic rings. The molecule has 1 N–H and O–H groups in total. The minimum Gasteiger partial charge on any atom is -0.378 e. The third-order valence-electron chi connectivity index (χ3n) is 5.04. The third-order valence-corrected chi connectivity index (χ3v) is 5.04. The zero-order chi connectivity index (χ0) is 19.7. The second-order valence-electron chi connectivity index (χ2n) is 7.30. The summed E-state index contributed by atoms with van der Waals surface area (Å²) in [5, 5.41) is 1.10. The van der Waals surface area contributed by atoms with E-state index in [9.17, 15) is 4.39 Å². The first-order valence-electron chi connectivity index (χ1n) is 9.34. The van der Waals surface area contributed by atoms with Crippen LogP contribution in [-0.4, -0.2) is 24.1 Å². The van der Waals surface area contributed by atoms with Crippen molar-refractivity contribution in [2.45, 2.75) is 19.4 Å². The average Bonchev–Trinajstić information content (AvgIpc) is 3.10. The highest BCUT2D eigenvalue weighted by Crippen LogP contribution is 2.22. The molecule has 3 aromatic rings. The maximum absolute atomic E-state index is 13.1. The molecule has 0 aliphatic carbocycles. The number of aromatic nitrogens is 2. The lowest BCUT2D eigenvalue weighted by atomic mass is 10.0. The van der Waals surface area contributed by atoms with Crippen molar-refractivity contribution in [3.05, 3.63) is 82.1 Å². The van der Waals surface area contributed by atoms with Gasteiger partial charge in [-0.3, -0.25) is 4.99 Å². The van der Waals surface area contributed by atoms with Crippen LogP contribution in [0.25, 0.3) is 17.7 Å². The lowest BCUT2D eigenvalue weighted by Gasteiger charge is -2.12. The van der Waals surface area contributed by atoms with Gasteiger partial charge in [-0.15, -0.1) is 0 Å². The van der Waals surface area contributed by atoms with E-state index in [-0.39, 0.29) is 6.04 Å². The molecule has 1 atom stereocenters. The number of nitrogens with one attached hydrogen (secondary N) is 1. The molecular formula is C23H23FN4. The van der Waals surface area contributed by atoms with Crippen molar-refractivity contribution in [1.82, 2.24) is 9.97 Å². The molecule has 0 radical (unpaired) electrons. The minimum absolute atomic E-state index is 0.0317. The molecule has 4 nitrogen and oxygen atoms in total. The molecule has 4 rings (SSSR count). The first kappa shape index (κ1) is 18.2. The van der Waals surface area contributed by atoms with Gasteiger partial charge in [0.1, 0.15) is 5.49 Å². The number of hydrogen-bond donors (Lipinski definition) is 1. The molecule has 2 aromatic heterocycles. The Labute approximate surface area is 163 Å². The molecule has 1 unspecified atom stereocenters. The average molecular weight is 374 g/mol. The fourth-order valence-electron chi connectivity index (χ4n) is 3.40. The van der Waals surface area contributed by atoms with E-state index in [0.717, 1.165) is 28.4 Å². The first-order chi connectivity index (χ1) is 13.5. The number of H-pyrrole nitrogens is 1. The van der Waals surface area contributed by atoms with Gasteiger partial charge in [0.25, 0.3) is 0 Å². The van der Waals surface area contributed by atoms with Crippen molar-refractivity contribution in [2.24, 2.45) is 4.99 Å². The molecule has 142 valence electrons. The predicted octanol–water partition coefficient (Wildman–Crippen LogP) is 3.72. The number of halogens is 1. The number of benzene rings is 1. The smallest absolute Gasteiger partial charge is 0.212 e. The molecule has 0 saturated heterocycles. The van der Waals surface area contributed by atoms with Gasteiger partial charge in [0.05, 0.1) is 6.04 Å². The Hall–Kier alpha value is -3.21. The molecule has 3 heterocycles. The second kappa shape index (κ2) is 7.43. The fourth-order valence-corrected chi connectivity index (χ4v) is 3.40. The normalized spacial score (nSPS) is 16.1. The summed E-state index contributed by atoms with van der Waals surface area (Å²) < 4.78 is 13.1. The molecule has 0 bridgehead atoms. The molecule has 0 amide bonds. The Bertz CT molecular complexity index is 1120. The number of hydrogen-bond acceptors (Lipinski definition) is 3. The topological polar surface area (TPSA) is 44.3 Å². The number of aromatic amines is 1. The predicted molar refractivity (Wildman–Crippen MR) is 112 cm³/mol. The molecule has 0 spiro atoms. The Kier molecular flexibility index (Phi) is 4.82. The van der Waals surface area contributed by atoms with E-state index < -0.39 is 5.95 Å². The van der Waals surface area contributed by atoms with Crippen molar-refractivity contribution in [3.63, 3.8) is 0 Å². The van der Waals surface area contributed by atoms with Crippen LogP contribution in [-0.2, 0) is 0 Å². The van der Waals surface area contributed by atoms with Gasteiger partial charge in [0.15, 0.2) is 0 Å². The molecular weight excluding hydrogens is 351 g/mol. The molecule has 1 aromatic carbocycles. The lowest BCUT2D eigenvalue weighted by molar-refractivity contribution is 0.579. The highest BCUT2D eigenvalue weighted by molar-refractivity contribution is 5.79. The van der Waals surface area contributed by atoms with Gasteiger partial charge in [0.2, 0.25) is 5.95 Å². The van der Waals surface area contributed by atoms with Gasteiger partial charge in [0, 0.05) is 36.9 Å². The molecule has 0 saturated carbocycles. The van der Waals surface area contributed by atoms with Crippen molar-refractivity contribution in [2.75, 3.05) is 19.0 Å². The highest BCUT2D eigenvalue weighted by Gasteiger charge is 2.13. The Morgan fingerprint density at radius 1 is 1.18 bits per heavy atom. The molecule has 0 fully saturated rings. The summed E-state index contributed by atoms with van der Waals surface area (Å²) >= 11 is 0. The van der Waals surface area contributed by atoms with Crippen LogP contribution in [0.5, 0.6) is 0 Å². The largest absolute Gasteiger partial charge is 0.378 e. The lowest BCUT2D eigenvalue weighted by Crippen LogP contribution is -2.27. The maximum Gasteiger partial charge on any atom is 0.212 e. The molecule has 28 heavy (non-hydrogen) atoms. The van der Waals surface area contributed by atoms with Gasteiger partial charge >= 0.3 is 0 Å². The van der Waals surface area contributed by atoms with Gasteiger partial charge in [-0.25, -0.2) is 4.98 Å². The van der Waals surface area contributed by atoms with Gasteiger partial charge in [-0.2, -0.15) is 4.39 Å². The summed E-state index contributed by atoms with van der Waals surface area (Å²) in [5.41, 5.74) is 6.37. The number of fused-ring (bicyclic) bond motifs is 1. The van der Waals surface area contributed by atoms with Crippen LogP contribution < -0.4 is 15.6 Å². The van der Waals surface area contributed by atoms with Gasteiger partial charge in [-0.05, 0) is 60.4 Å². The number of nitrogens with zero attached hydrogens (tertiary/aromatic N) is 3. The van der Waals surface area contributed by atoms with Crippen LogP contribution in [0.15, 0.2) is 53.7 Å². The summed E-state index contributed by atoms with van der Waals surface area (Å²) in [6.45, 7) is 2.11. The summed E-state index contributed by atoms with van der Waals surface area (Å²) in [6, 6.07) is 13.7. The SMILES string of the molecule is C/C(=C/c1cc2c([nH]1)=NC(c1ccc(F)nc1)CC=2)c1ccc(N(C)C)cc1. The van der Waals surface area contributed by atoms with Crippen molar-refractivity contribution in [1.29, 1.82) is 0 Å². The summed E-state index contributed by atoms with van der Waals surface area (Å²) in [5.74, 6) is -0.467. The quantitative estimate of drug-likeness (QED) is 0.708. The van der Waals surface area contributed by atoms with E-state index in [1.165, 1.54) is 22.9 Å². The first-order valence-corrected chi connectivity index (χ1v) is 9.34. The van der Waals surface area contributed by atoms with E-state index in [1.807, 2.05) is 14.1 Å². The van der Waals surface area contributed by atoms with E-state index in [2.05, 4.69) is 64.3 Å². The Morgan fingerprint density at radius 2 is 1.96 bits per heavy atom. The number of pyridine rings is 1. The molecule has 5 heteroatoms. The minimum atomic E-state index is -0.467. The van der Waals surface area contributed by atoms with Crippen molar-refractivity contribution in [3.8, 4) is 0 Å². The number of allylic oxidation sites excluding steroid dienone is 1. The maximum atomic E-state index is 13.1. The Balaban J connectivity index is 1.60. The van der Waals surface area contributed by atoms with E-state index in [1.54, 1.807) is 12.3 Å². The van der Waals surface area contributed by atoms with Crippen LogP contribution in [0.3, 0.4) is 0 Å². The highest BCUT2D eigenvalue weighted by atomic mass is 19.1. The van der Waals surface area contributed by atoms with Crippen molar-refractivity contribution >= 4 is 23.4 Å². The van der Waals surface area contributed by atoms with E-state index in [0.29, 0.717) is 0 Å². The number of anilines is 1. The van der Waals surface area contributed by atoms with Crippen LogP contribution >= 0.6 is 0 Å². The van der Waals surface area contributed by atoms with Crippen LogP contribution in [0.1, 0.15) is 36.2 Å². The zero-order valence-corrected chi connectivity index (χ0v) is 16.3. The molecule has 1 aliphatic heterocycles.